The molecule has 17 heavy (non-hydrogen) atoms. The van der Waals surface area contributed by atoms with Crippen molar-refractivity contribution in [1.82, 2.24) is 5.32 Å². The van der Waals surface area contributed by atoms with Crippen molar-refractivity contribution in [3.8, 4) is 5.75 Å². The third-order valence-corrected chi connectivity index (χ3v) is 2.17. The average molecular weight is 238 g/mol. The molecule has 94 valence electrons. The number of hydrogen-bond donors (Lipinski definition) is 3. The first-order chi connectivity index (χ1) is 8.24. The van der Waals surface area contributed by atoms with Crippen LogP contribution in [0.4, 0.5) is 0 Å². The van der Waals surface area contributed by atoms with Crippen LogP contribution >= 0.6 is 0 Å². The summed E-state index contributed by atoms with van der Waals surface area (Å²) >= 11 is 0. The molecule has 1 aromatic carbocycles. The highest BCUT2D eigenvalue weighted by Crippen LogP contribution is 2.15. The normalized spacial score (nSPS) is 10.2. The lowest BCUT2D eigenvalue weighted by Gasteiger charge is -2.06. The van der Waals surface area contributed by atoms with Crippen molar-refractivity contribution in [3.05, 3.63) is 29.8 Å². The maximum atomic E-state index is 11.5. The molecule has 0 unspecified atom stereocenters. The van der Waals surface area contributed by atoms with Gasteiger partial charge in [0, 0.05) is 18.7 Å². The number of carbonyl (C=O) groups is 1. The molecule has 0 spiro atoms. The van der Waals surface area contributed by atoms with E-state index in [4.69, 9.17) is 10.5 Å². The van der Waals surface area contributed by atoms with E-state index in [0.29, 0.717) is 31.9 Å². The molecule has 0 aliphatic rings. The van der Waals surface area contributed by atoms with E-state index >= 15 is 0 Å². The quantitative estimate of drug-likeness (QED) is 0.585. The Bertz CT molecular complexity index is 355. The molecule has 1 aromatic rings. The molecule has 0 radical (unpaired) electrons. The van der Waals surface area contributed by atoms with Crippen LogP contribution in [-0.2, 0) is 16.0 Å². The lowest BCUT2D eigenvalue weighted by molar-refractivity contribution is -0.120. The topological polar surface area (TPSA) is 84.6 Å². The molecule has 5 heteroatoms. The van der Waals surface area contributed by atoms with Gasteiger partial charge in [-0.3, -0.25) is 4.79 Å². The predicted octanol–water partition coefficient (Wildman–Crippen LogP) is 0.0262. The number of phenolic OH excluding ortho intramolecular Hbond substituents is 1. The Morgan fingerprint density at radius 3 is 2.82 bits per heavy atom. The highest BCUT2D eigenvalue weighted by molar-refractivity contribution is 5.79. The van der Waals surface area contributed by atoms with Crippen molar-refractivity contribution in [1.29, 1.82) is 0 Å². The Hall–Kier alpha value is -1.59. The summed E-state index contributed by atoms with van der Waals surface area (Å²) in [5.74, 6) is 0.00452. The number of aromatic hydroxyl groups is 1. The molecule has 1 rings (SSSR count). The summed E-state index contributed by atoms with van der Waals surface area (Å²) in [5.41, 5.74) is 5.87. The van der Waals surface area contributed by atoms with E-state index in [1.807, 2.05) is 0 Å². The molecule has 0 saturated carbocycles. The van der Waals surface area contributed by atoms with Crippen molar-refractivity contribution in [2.24, 2.45) is 5.73 Å². The van der Waals surface area contributed by atoms with Crippen molar-refractivity contribution >= 4 is 5.91 Å². The molecule has 1 amide bonds. The number of rotatable bonds is 7. The zero-order valence-electron chi connectivity index (χ0n) is 9.69. The number of para-hydroxylation sites is 1. The number of ether oxygens (including phenoxy) is 1. The first kappa shape index (κ1) is 13.5. The van der Waals surface area contributed by atoms with Gasteiger partial charge in [0.15, 0.2) is 0 Å². The van der Waals surface area contributed by atoms with Gasteiger partial charge in [-0.05, 0) is 6.07 Å². The molecule has 0 aliphatic carbocycles. The van der Waals surface area contributed by atoms with Gasteiger partial charge in [-0.1, -0.05) is 18.2 Å². The molecule has 0 heterocycles. The van der Waals surface area contributed by atoms with Crippen molar-refractivity contribution in [2.45, 2.75) is 6.42 Å². The lowest BCUT2D eigenvalue weighted by atomic mass is 10.1. The van der Waals surface area contributed by atoms with E-state index in [2.05, 4.69) is 5.32 Å². The maximum absolute atomic E-state index is 11.5. The van der Waals surface area contributed by atoms with Crippen LogP contribution in [0.25, 0.3) is 0 Å². The number of carbonyl (C=O) groups excluding carboxylic acids is 1. The predicted molar refractivity (Wildman–Crippen MR) is 64.7 cm³/mol. The fraction of sp³-hybridized carbons (Fsp3) is 0.417. The molecule has 0 atom stereocenters. The summed E-state index contributed by atoms with van der Waals surface area (Å²) in [6, 6.07) is 6.79. The average Bonchev–Trinajstić information content (AvgIpc) is 2.32. The van der Waals surface area contributed by atoms with Crippen LogP contribution in [0.5, 0.6) is 5.75 Å². The Balaban J connectivity index is 2.23. The summed E-state index contributed by atoms with van der Waals surface area (Å²) < 4.78 is 5.12. The fourth-order valence-electron chi connectivity index (χ4n) is 1.34. The van der Waals surface area contributed by atoms with Crippen molar-refractivity contribution in [3.63, 3.8) is 0 Å². The highest BCUT2D eigenvalue weighted by Gasteiger charge is 2.05. The van der Waals surface area contributed by atoms with Gasteiger partial charge in [0.1, 0.15) is 5.75 Å². The second kappa shape index (κ2) is 7.65. The van der Waals surface area contributed by atoms with Gasteiger partial charge >= 0.3 is 0 Å². The highest BCUT2D eigenvalue weighted by atomic mass is 16.5. The maximum Gasteiger partial charge on any atom is 0.224 e. The number of amides is 1. The number of hydrogen-bond acceptors (Lipinski definition) is 4. The van der Waals surface area contributed by atoms with Crippen LogP contribution in [0.1, 0.15) is 5.56 Å². The zero-order chi connectivity index (χ0) is 12.5. The molecule has 4 N–H and O–H groups in total. The van der Waals surface area contributed by atoms with Gasteiger partial charge in [0.2, 0.25) is 5.91 Å². The van der Waals surface area contributed by atoms with E-state index in [9.17, 15) is 9.90 Å². The van der Waals surface area contributed by atoms with Gasteiger partial charge in [-0.2, -0.15) is 0 Å². The summed E-state index contributed by atoms with van der Waals surface area (Å²) in [6.45, 7) is 1.87. The third kappa shape index (κ3) is 5.33. The minimum absolute atomic E-state index is 0.136. The van der Waals surface area contributed by atoms with Crippen LogP contribution in [0, 0.1) is 0 Å². The third-order valence-electron chi connectivity index (χ3n) is 2.17. The second-order valence-electron chi connectivity index (χ2n) is 3.56. The first-order valence-corrected chi connectivity index (χ1v) is 5.55. The Kier molecular flexibility index (Phi) is 6.06. The monoisotopic (exact) mass is 238 g/mol. The largest absolute Gasteiger partial charge is 0.508 e. The molecule has 0 aromatic heterocycles. The standard InChI is InChI=1S/C12H18N2O3/c13-5-7-17-8-6-14-12(16)9-10-3-1-2-4-11(10)15/h1-4,15H,5-9,13H2,(H,14,16). The van der Waals surface area contributed by atoms with Crippen LogP contribution < -0.4 is 11.1 Å². The molecular formula is C12H18N2O3. The smallest absolute Gasteiger partial charge is 0.224 e. The summed E-state index contributed by atoms with van der Waals surface area (Å²) in [5, 5.41) is 12.2. The number of phenols is 1. The van der Waals surface area contributed by atoms with E-state index in [0.717, 1.165) is 0 Å². The fourth-order valence-corrected chi connectivity index (χ4v) is 1.34. The number of nitrogens with one attached hydrogen (secondary N) is 1. The van der Waals surface area contributed by atoms with Gasteiger partial charge in [0.25, 0.3) is 0 Å². The number of benzene rings is 1. The van der Waals surface area contributed by atoms with Crippen LogP contribution in [0.3, 0.4) is 0 Å². The summed E-state index contributed by atoms with van der Waals surface area (Å²) in [7, 11) is 0. The van der Waals surface area contributed by atoms with Crippen LogP contribution in [0.15, 0.2) is 24.3 Å². The summed E-state index contributed by atoms with van der Waals surface area (Å²) in [6.07, 6.45) is 0.170. The Morgan fingerprint density at radius 1 is 1.35 bits per heavy atom. The number of nitrogens with two attached hydrogens (primary N) is 1. The van der Waals surface area contributed by atoms with Crippen molar-refractivity contribution in [2.75, 3.05) is 26.3 Å². The molecule has 0 saturated heterocycles. The van der Waals surface area contributed by atoms with E-state index < -0.39 is 0 Å². The van der Waals surface area contributed by atoms with E-state index in [1.54, 1.807) is 24.3 Å². The van der Waals surface area contributed by atoms with E-state index in [1.165, 1.54) is 0 Å². The summed E-state index contributed by atoms with van der Waals surface area (Å²) in [4.78, 5) is 11.5. The SMILES string of the molecule is NCCOCCNC(=O)Cc1ccccc1O. The zero-order valence-corrected chi connectivity index (χ0v) is 9.69. The molecule has 5 nitrogen and oxygen atoms in total. The minimum atomic E-state index is -0.136. The molecule has 0 aliphatic heterocycles. The molecule has 0 fully saturated rings. The van der Waals surface area contributed by atoms with Crippen LogP contribution in [-0.4, -0.2) is 37.3 Å². The lowest BCUT2D eigenvalue weighted by Crippen LogP contribution is -2.29. The Morgan fingerprint density at radius 2 is 2.12 bits per heavy atom. The van der Waals surface area contributed by atoms with Crippen LogP contribution in [0.2, 0.25) is 0 Å². The molecule has 0 bridgehead atoms. The van der Waals surface area contributed by atoms with Gasteiger partial charge in [0.05, 0.1) is 19.6 Å². The first-order valence-electron chi connectivity index (χ1n) is 5.55. The van der Waals surface area contributed by atoms with Crippen molar-refractivity contribution < 1.29 is 14.6 Å². The van der Waals surface area contributed by atoms with Gasteiger partial charge in [-0.15, -0.1) is 0 Å². The van der Waals surface area contributed by atoms with Gasteiger partial charge in [-0.25, -0.2) is 0 Å². The van der Waals surface area contributed by atoms with E-state index in [-0.39, 0.29) is 18.1 Å². The molecular weight excluding hydrogens is 220 g/mol. The van der Waals surface area contributed by atoms with Gasteiger partial charge < -0.3 is 20.9 Å². The Labute approximate surface area is 101 Å². The minimum Gasteiger partial charge on any atom is -0.508 e. The second-order valence-corrected chi connectivity index (χ2v) is 3.56.